The van der Waals surface area contributed by atoms with Gasteiger partial charge in [0.05, 0.1) is 7.11 Å². The van der Waals surface area contributed by atoms with Crippen molar-refractivity contribution < 1.29 is 4.74 Å². The van der Waals surface area contributed by atoms with Crippen LogP contribution in [-0.4, -0.2) is 13.2 Å². The Morgan fingerprint density at radius 1 is 1.44 bits per heavy atom. The second-order valence-electron chi connectivity index (χ2n) is 4.73. The topological polar surface area (TPSA) is 35.2 Å². The van der Waals surface area contributed by atoms with Crippen LogP contribution in [0.2, 0.25) is 0 Å². The van der Waals surface area contributed by atoms with Crippen LogP contribution in [-0.2, 0) is 5.41 Å². The number of methoxy groups -OCH3 is 1. The first-order chi connectivity index (χ1) is 7.51. The number of rotatable bonds is 3. The molecule has 0 aromatic heterocycles. The average Bonchev–Trinajstić information content (AvgIpc) is 3.02. The van der Waals surface area contributed by atoms with Crippen LogP contribution >= 0.6 is 15.9 Å². The lowest BCUT2D eigenvalue weighted by Crippen LogP contribution is -2.32. The van der Waals surface area contributed by atoms with Crippen molar-refractivity contribution in [1.82, 2.24) is 0 Å². The highest BCUT2D eigenvalue weighted by Crippen LogP contribution is 2.52. The van der Waals surface area contributed by atoms with E-state index in [1.165, 1.54) is 24.0 Å². The molecule has 1 aromatic carbocycles. The number of benzene rings is 1. The number of hydrogen-bond acceptors (Lipinski definition) is 2. The van der Waals surface area contributed by atoms with Crippen molar-refractivity contribution in [3.63, 3.8) is 0 Å². The van der Waals surface area contributed by atoms with E-state index in [9.17, 15) is 0 Å². The minimum atomic E-state index is 0.182. The van der Waals surface area contributed by atoms with E-state index in [1.54, 1.807) is 7.11 Å². The molecule has 2 N–H and O–H groups in total. The summed E-state index contributed by atoms with van der Waals surface area (Å²) in [6.45, 7) is 4.24. The van der Waals surface area contributed by atoms with Gasteiger partial charge in [0.2, 0.25) is 0 Å². The van der Waals surface area contributed by atoms with Gasteiger partial charge in [0.1, 0.15) is 5.75 Å². The molecule has 0 radical (unpaired) electrons. The fraction of sp³-hybridized carbons (Fsp3) is 0.538. The van der Waals surface area contributed by atoms with Crippen LogP contribution in [0.1, 0.15) is 30.9 Å². The first-order valence-electron chi connectivity index (χ1n) is 5.61. The van der Waals surface area contributed by atoms with Gasteiger partial charge in [0.15, 0.2) is 0 Å². The summed E-state index contributed by atoms with van der Waals surface area (Å²) in [6.07, 6.45) is 2.37. The van der Waals surface area contributed by atoms with Gasteiger partial charge in [-0.05, 0) is 49.9 Å². The van der Waals surface area contributed by atoms with Crippen molar-refractivity contribution in [3.8, 4) is 5.75 Å². The standard InChI is InChI=1S/C13H18BrNO/c1-8-11(13(4-5-13)9(2)15)6-10(16-3)7-12(8)14/h6-7,9H,4-5,15H2,1-3H3. The predicted octanol–water partition coefficient (Wildman–Crippen LogP) is 3.14. The summed E-state index contributed by atoms with van der Waals surface area (Å²) in [5.74, 6) is 0.902. The van der Waals surface area contributed by atoms with E-state index < -0.39 is 0 Å². The van der Waals surface area contributed by atoms with Crippen LogP contribution in [0, 0.1) is 6.92 Å². The Bertz CT molecular complexity index is 411. The van der Waals surface area contributed by atoms with Crippen molar-refractivity contribution in [3.05, 3.63) is 27.7 Å². The van der Waals surface area contributed by atoms with E-state index >= 15 is 0 Å². The predicted molar refractivity (Wildman–Crippen MR) is 70.0 cm³/mol. The monoisotopic (exact) mass is 283 g/mol. The van der Waals surface area contributed by atoms with Gasteiger partial charge < -0.3 is 10.5 Å². The van der Waals surface area contributed by atoms with Gasteiger partial charge in [-0.3, -0.25) is 0 Å². The molecule has 0 saturated heterocycles. The molecule has 0 heterocycles. The Labute approximate surface area is 105 Å². The van der Waals surface area contributed by atoms with Gasteiger partial charge in [-0.1, -0.05) is 15.9 Å². The van der Waals surface area contributed by atoms with Crippen LogP contribution < -0.4 is 10.5 Å². The van der Waals surface area contributed by atoms with E-state index in [4.69, 9.17) is 10.5 Å². The molecule has 3 heteroatoms. The van der Waals surface area contributed by atoms with E-state index in [0.717, 1.165) is 10.2 Å². The fourth-order valence-electron chi connectivity index (χ4n) is 2.39. The van der Waals surface area contributed by atoms with Crippen LogP contribution in [0.25, 0.3) is 0 Å². The summed E-state index contributed by atoms with van der Waals surface area (Å²) in [5.41, 5.74) is 8.93. The number of hydrogen-bond donors (Lipinski definition) is 1. The molecule has 2 nitrogen and oxygen atoms in total. The number of halogens is 1. The minimum absolute atomic E-state index is 0.182. The zero-order chi connectivity index (χ0) is 11.9. The summed E-state index contributed by atoms with van der Waals surface area (Å²) in [5, 5.41) is 0. The Morgan fingerprint density at radius 3 is 2.50 bits per heavy atom. The molecule has 16 heavy (non-hydrogen) atoms. The fourth-order valence-corrected chi connectivity index (χ4v) is 2.83. The maximum Gasteiger partial charge on any atom is 0.120 e. The van der Waals surface area contributed by atoms with E-state index in [0.29, 0.717) is 0 Å². The molecule has 1 saturated carbocycles. The Kier molecular flexibility index (Phi) is 3.01. The van der Waals surface area contributed by atoms with Gasteiger partial charge >= 0.3 is 0 Å². The molecule has 0 bridgehead atoms. The summed E-state index contributed by atoms with van der Waals surface area (Å²) in [4.78, 5) is 0. The van der Waals surface area contributed by atoms with Gasteiger partial charge in [0, 0.05) is 15.9 Å². The Balaban J connectivity index is 2.52. The normalized spacial score (nSPS) is 19.3. The molecular formula is C13H18BrNO. The second-order valence-corrected chi connectivity index (χ2v) is 5.58. The molecule has 1 aliphatic carbocycles. The van der Waals surface area contributed by atoms with E-state index in [-0.39, 0.29) is 11.5 Å². The summed E-state index contributed by atoms with van der Waals surface area (Å²) >= 11 is 3.59. The largest absolute Gasteiger partial charge is 0.497 e. The molecule has 1 fully saturated rings. The van der Waals surface area contributed by atoms with Crippen LogP contribution in [0.4, 0.5) is 0 Å². The van der Waals surface area contributed by atoms with E-state index in [1.807, 2.05) is 6.07 Å². The van der Waals surface area contributed by atoms with Crippen LogP contribution in [0.3, 0.4) is 0 Å². The van der Waals surface area contributed by atoms with Crippen molar-refractivity contribution in [2.24, 2.45) is 5.73 Å². The molecule has 1 aromatic rings. The first-order valence-corrected chi connectivity index (χ1v) is 6.41. The quantitative estimate of drug-likeness (QED) is 0.925. The van der Waals surface area contributed by atoms with Crippen molar-refractivity contribution in [1.29, 1.82) is 0 Å². The Morgan fingerprint density at radius 2 is 2.06 bits per heavy atom. The van der Waals surface area contributed by atoms with Crippen molar-refractivity contribution >= 4 is 15.9 Å². The third kappa shape index (κ3) is 1.76. The van der Waals surface area contributed by atoms with Gasteiger partial charge in [-0.25, -0.2) is 0 Å². The molecule has 88 valence electrons. The SMILES string of the molecule is COc1cc(Br)c(C)c(C2(C(C)N)CC2)c1. The lowest BCUT2D eigenvalue weighted by atomic mass is 9.86. The zero-order valence-electron chi connectivity index (χ0n) is 10.0. The number of ether oxygens (including phenoxy) is 1. The molecule has 0 amide bonds. The lowest BCUT2D eigenvalue weighted by molar-refractivity contribution is 0.412. The molecule has 0 spiro atoms. The minimum Gasteiger partial charge on any atom is -0.497 e. The lowest BCUT2D eigenvalue weighted by Gasteiger charge is -2.23. The smallest absolute Gasteiger partial charge is 0.120 e. The van der Waals surface area contributed by atoms with Gasteiger partial charge in [0.25, 0.3) is 0 Å². The molecule has 1 aliphatic rings. The maximum absolute atomic E-state index is 6.12. The molecule has 0 aliphatic heterocycles. The highest BCUT2D eigenvalue weighted by Gasteiger charge is 2.48. The highest BCUT2D eigenvalue weighted by atomic mass is 79.9. The molecule has 1 unspecified atom stereocenters. The highest BCUT2D eigenvalue weighted by molar-refractivity contribution is 9.10. The third-order valence-electron chi connectivity index (χ3n) is 3.75. The van der Waals surface area contributed by atoms with Crippen LogP contribution in [0.15, 0.2) is 16.6 Å². The molecular weight excluding hydrogens is 266 g/mol. The van der Waals surface area contributed by atoms with E-state index in [2.05, 4.69) is 35.8 Å². The second kappa shape index (κ2) is 4.04. The number of nitrogens with two attached hydrogens (primary N) is 1. The summed E-state index contributed by atoms with van der Waals surface area (Å²) in [6, 6.07) is 4.34. The summed E-state index contributed by atoms with van der Waals surface area (Å²) < 4.78 is 6.43. The molecule has 1 atom stereocenters. The van der Waals surface area contributed by atoms with Crippen LogP contribution in [0.5, 0.6) is 5.75 Å². The zero-order valence-corrected chi connectivity index (χ0v) is 11.6. The van der Waals surface area contributed by atoms with Gasteiger partial charge in [-0.2, -0.15) is 0 Å². The summed E-state index contributed by atoms with van der Waals surface area (Å²) in [7, 11) is 1.70. The first kappa shape index (κ1) is 11.9. The third-order valence-corrected chi connectivity index (χ3v) is 4.57. The van der Waals surface area contributed by atoms with Gasteiger partial charge in [-0.15, -0.1) is 0 Å². The average molecular weight is 284 g/mol. The van der Waals surface area contributed by atoms with Crippen molar-refractivity contribution in [2.45, 2.75) is 38.1 Å². The Hall–Kier alpha value is -0.540. The molecule has 2 rings (SSSR count). The van der Waals surface area contributed by atoms with Crippen molar-refractivity contribution in [2.75, 3.05) is 7.11 Å². The maximum atomic E-state index is 6.12.